The summed E-state index contributed by atoms with van der Waals surface area (Å²) in [6, 6.07) is 0. The molecule has 0 saturated heterocycles. The highest BCUT2D eigenvalue weighted by atomic mass is 19.4. The van der Waals surface area contributed by atoms with Crippen LogP contribution in [0.15, 0.2) is 0 Å². The Morgan fingerprint density at radius 3 is 1.19 bits per heavy atom. The highest BCUT2D eigenvalue weighted by Gasteiger charge is 2.85. The van der Waals surface area contributed by atoms with Gasteiger partial charge in [0.05, 0.1) is 0 Å². The van der Waals surface area contributed by atoms with Crippen LogP contribution < -0.4 is 0 Å². The second kappa shape index (κ2) is 7.90. The number of halogens is 17. The fourth-order valence-electron chi connectivity index (χ4n) is 1.44. The van der Waals surface area contributed by atoms with Gasteiger partial charge in [-0.3, -0.25) is 14.3 Å². The third-order valence-corrected chi connectivity index (χ3v) is 3.04. The molecule has 0 saturated carbocycles. The molecule has 0 aliphatic carbocycles. The molecule has 2 atom stereocenters. The predicted molar refractivity (Wildman–Crippen MR) is 61.5 cm³/mol. The Bertz CT molecular complexity index is 695. The van der Waals surface area contributed by atoms with Crippen LogP contribution in [0, 0.1) is 0 Å². The molecule has 0 rings (SSSR count). The molecule has 1 amide bonds. The summed E-state index contributed by atoms with van der Waals surface area (Å²) in [6.07, 6.45) is -38.3. The van der Waals surface area contributed by atoms with Gasteiger partial charge in [-0.15, -0.1) is 0 Å². The second-order valence-corrected chi connectivity index (χ2v) is 5.70. The molecule has 0 unspecified atom stereocenters. The fraction of sp³-hybridized carbons (Fsp3) is 0.909. The third-order valence-electron chi connectivity index (χ3n) is 3.04. The van der Waals surface area contributed by atoms with E-state index in [-0.39, 0.29) is 14.1 Å². The predicted octanol–water partition coefficient (Wildman–Crippen LogP) is 4.95. The first-order chi connectivity index (χ1) is 13.5. The highest BCUT2D eigenvalue weighted by molar-refractivity contribution is 5.84. The molecule has 32 heavy (non-hydrogen) atoms. The van der Waals surface area contributed by atoms with Gasteiger partial charge in [-0.1, -0.05) is 0 Å². The Balaban J connectivity index is 6.77. The average molecular weight is 523 g/mol. The van der Waals surface area contributed by atoms with Crippen molar-refractivity contribution in [2.24, 2.45) is 0 Å². The van der Waals surface area contributed by atoms with E-state index in [0.29, 0.717) is 0 Å². The van der Waals surface area contributed by atoms with E-state index in [2.05, 4.69) is 0 Å². The first kappa shape index (κ1) is 30.2. The number of likely N-dealkylation sites (N-methyl/N-ethyl adjacent to an activating group) is 1. The number of carbonyl (C=O) groups excluding carboxylic acids is 1. The number of alkyl halides is 17. The van der Waals surface area contributed by atoms with Gasteiger partial charge in [0.2, 0.25) is 0 Å². The fourth-order valence-corrected chi connectivity index (χ4v) is 1.44. The smallest absolute Gasteiger partial charge is 0.344 e. The van der Waals surface area contributed by atoms with Crippen molar-refractivity contribution >= 4 is 5.91 Å². The largest absolute Gasteiger partial charge is 0.462 e. The number of rotatable bonds is 7. The minimum Gasteiger partial charge on any atom is -0.344 e. The van der Waals surface area contributed by atoms with Gasteiger partial charge in [-0.25, -0.2) is 0 Å². The maximum Gasteiger partial charge on any atom is 0.462 e. The minimum atomic E-state index is -8.01. The van der Waals surface area contributed by atoms with Gasteiger partial charge < -0.3 is 4.90 Å². The zero-order chi connectivity index (χ0) is 26.6. The Kier molecular flexibility index (Phi) is 7.46. The molecule has 0 aliphatic rings. The van der Waals surface area contributed by atoms with Crippen LogP contribution in [0.25, 0.3) is 0 Å². The third kappa shape index (κ3) is 4.91. The molecule has 0 radical (unpaired) electrons. The molecule has 0 bridgehead atoms. The van der Waals surface area contributed by atoms with Crippen LogP contribution in [0.1, 0.15) is 0 Å². The first-order valence-corrected chi connectivity index (χ1v) is 6.85. The van der Waals surface area contributed by atoms with Crippen LogP contribution in [0.3, 0.4) is 0 Å². The summed E-state index contributed by atoms with van der Waals surface area (Å²) >= 11 is 0. The Morgan fingerprint density at radius 2 is 0.938 bits per heavy atom. The lowest BCUT2D eigenvalue weighted by atomic mass is 10.2. The van der Waals surface area contributed by atoms with Gasteiger partial charge in [0.15, 0.2) is 0 Å². The molecular weight excluding hydrogens is 517 g/mol. The van der Waals surface area contributed by atoms with Crippen LogP contribution in [-0.4, -0.2) is 73.3 Å². The van der Waals surface area contributed by atoms with E-state index < -0.39 is 59.2 Å². The maximum atomic E-state index is 13.9. The van der Waals surface area contributed by atoms with E-state index >= 15 is 0 Å². The van der Waals surface area contributed by atoms with Crippen LogP contribution in [0.4, 0.5) is 74.6 Å². The number of hydrogen-bond donors (Lipinski definition) is 0. The van der Waals surface area contributed by atoms with Crippen molar-refractivity contribution in [1.29, 1.82) is 0 Å². The molecule has 0 N–H and O–H groups in total. The van der Waals surface area contributed by atoms with Crippen molar-refractivity contribution in [3.63, 3.8) is 0 Å². The number of amides is 1. The molecule has 0 aromatic rings. The number of nitrogens with zero attached hydrogens (tertiary/aromatic N) is 1. The molecule has 0 aromatic carbocycles. The SMILES string of the molecule is CN(C)C(=O)[C@](F)(OC(F)(F)[C@](F)(OC(F)(F)C(F)(F)C(F)(F)F)C(F)(F)F)C(F)(F)F. The normalized spacial score (nSPS) is 18.7. The summed E-state index contributed by atoms with van der Waals surface area (Å²) in [5.41, 5.74) is 0. The van der Waals surface area contributed by atoms with Gasteiger partial charge in [0.1, 0.15) is 0 Å². The number of ether oxygens (including phenoxy) is 2. The van der Waals surface area contributed by atoms with E-state index in [1.165, 1.54) is 4.74 Å². The van der Waals surface area contributed by atoms with Crippen molar-refractivity contribution in [1.82, 2.24) is 4.90 Å². The summed E-state index contributed by atoms with van der Waals surface area (Å²) in [4.78, 5) is 10.5. The molecule has 21 heteroatoms. The van der Waals surface area contributed by atoms with Crippen LogP contribution in [-0.2, 0) is 14.3 Å². The van der Waals surface area contributed by atoms with Gasteiger partial charge in [-0.05, 0) is 0 Å². The maximum absolute atomic E-state index is 13.9. The molecule has 4 nitrogen and oxygen atoms in total. The number of carbonyl (C=O) groups is 1. The first-order valence-electron chi connectivity index (χ1n) is 6.85. The Labute approximate surface area is 163 Å². The molecule has 192 valence electrons. The molecule has 0 spiro atoms. The summed E-state index contributed by atoms with van der Waals surface area (Å²) < 4.78 is 221. The van der Waals surface area contributed by atoms with Crippen LogP contribution in [0.5, 0.6) is 0 Å². The lowest BCUT2D eigenvalue weighted by molar-refractivity contribution is -0.548. The minimum absolute atomic E-state index is 0.144. The monoisotopic (exact) mass is 523 g/mol. The lowest BCUT2D eigenvalue weighted by Gasteiger charge is -2.40. The standard InChI is InChI=1S/C11H6F17NO3/c1-29(2)3(30)4(12,7(16,17)18)31-11(27,28)6(15,9(22,23)24)32-10(25,26)5(13,14)8(19,20)21/h1-2H3/t4-,6+/m0/s1. The summed E-state index contributed by atoms with van der Waals surface area (Å²) in [6.45, 7) is 0. The Hall–Kier alpha value is -1.80. The highest BCUT2D eigenvalue weighted by Crippen LogP contribution is 2.56. The van der Waals surface area contributed by atoms with Gasteiger partial charge in [-0.2, -0.15) is 74.6 Å². The lowest BCUT2D eigenvalue weighted by Crippen LogP contribution is -2.68. The van der Waals surface area contributed by atoms with E-state index in [9.17, 15) is 79.4 Å². The molecule has 0 fully saturated rings. The van der Waals surface area contributed by atoms with Gasteiger partial charge in [0.25, 0.3) is 5.91 Å². The topological polar surface area (TPSA) is 38.8 Å². The zero-order valence-corrected chi connectivity index (χ0v) is 14.6. The molecule has 0 aromatic heterocycles. The Morgan fingerprint density at radius 1 is 0.562 bits per heavy atom. The van der Waals surface area contributed by atoms with Crippen molar-refractivity contribution < 1.29 is 88.9 Å². The van der Waals surface area contributed by atoms with Crippen molar-refractivity contribution in [2.75, 3.05) is 14.1 Å². The van der Waals surface area contributed by atoms with E-state index in [1.54, 1.807) is 0 Å². The van der Waals surface area contributed by atoms with E-state index in [1.807, 2.05) is 4.74 Å². The van der Waals surface area contributed by atoms with E-state index in [0.717, 1.165) is 0 Å². The quantitative estimate of drug-likeness (QED) is 0.444. The van der Waals surface area contributed by atoms with Crippen molar-refractivity contribution in [3.8, 4) is 0 Å². The average Bonchev–Trinajstić information content (AvgIpc) is 2.49. The van der Waals surface area contributed by atoms with Gasteiger partial charge in [0, 0.05) is 14.1 Å². The van der Waals surface area contributed by atoms with Gasteiger partial charge >= 0.3 is 48.4 Å². The summed E-state index contributed by atoms with van der Waals surface area (Å²) in [5, 5.41) is 0. The zero-order valence-electron chi connectivity index (χ0n) is 14.6. The summed E-state index contributed by atoms with van der Waals surface area (Å²) in [7, 11) is 0.287. The molecule has 0 aliphatic heterocycles. The molecular formula is C11H6F17NO3. The van der Waals surface area contributed by atoms with E-state index in [4.69, 9.17) is 0 Å². The number of hydrogen-bond acceptors (Lipinski definition) is 3. The van der Waals surface area contributed by atoms with Crippen molar-refractivity contribution in [2.45, 2.75) is 48.4 Å². The van der Waals surface area contributed by atoms with Crippen LogP contribution >= 0.6 is 0 Å². The molecule has 0 heterocycles. The summed E-state index contributed by atoms with van der Waals surface area (Å²) in [5.74, 6) is -25.9. The second-order valence-electron chi connectivity index (χ2n) is 5.70. The van der Waals surface area contributed by atoms with Crippen molar-refractivity contribution in [3.05, 3.63) is 0 Å². The van der Waals surface area contributed by atoms with Crippen LogP contribution in [0.2, 0.25) is 0 Å².